The predicted molar refractivity (Wildman–Crippen MR) is 69.8 cm³/mol. The first-order valence-electron chi connectivity index (χ1n) is 6.51. The predicted octanol–water partition coefficient (Wildman–Crippen LogP) is 1.41. The molecule has 0 spiro atoms. The monoisotopic (exact) mass is 236 g/mol. The molecule has 0 aliphatic carbocycles. The number of hydrogen-bond donors (Lipinski definition) is 1. The molecule has 1 aliphatic rings. The zero-order valence-corrected chi connectivity index (χ0v) is 11.3. The SMILES string of the molecule is CNCC1CCN(C(C)C)C1c1cncn1C. The Labute approximate surface area is 104 Å². The van der Waals surface area contributed by atoms with Crippen molar-refractivity contribution >= 4 is 0 Å². The van der Waals surface area contributed by atoms with E-state index in [1.54, 1.807) is 0 Å². The van der Waals surface area contributed by atoms with Crippen LogP contribution in [-0.2, 0) is 7.05 Å². The van der Waals surface area contributed by atoms with Crippen LogP contribution >= 0.6 is 0 Å². The van der Waals surface area contributed by atoms with E-state index in [0.717, 1.165) is 6.54 Å². The highest BCUT2D eigenvalue weighted by molar-refractivity contribution is 5.10. The lowest BCUT2D eigenvalue weighted by Crippen LogP contribution is -2.34. The van der Waals surface area contributed by atoms with Crippen LogP contribution in [0.15, 0.2) is 12.5 Å². The number of aromatic nitrogens is 2. The van der Waals surface area contributed by atoms with E-state index in [2.05, 4.69) is 40.7 Å². The van der Waals surface area contributed by atoms with Gasteiger partial charge in [-0.15, -0.1) is 0 Å². The molecule has 1 aliphatic heterocycles. The van der Waals surface area contributed by atoms with Crippen molar-refractivity contribution in [3.8, 4) is 0 Å². The van der Waals surface area contributed by atoms with Crippen molar-refractivity contribution in [1.82, 2.24) is 19.8 Å². The maximum atomic E-state index is 4.27. The molecule has 2 heterocycles. The number of nitrogens with one attached hydrogen (secondary N) is 1. The van der Waals surface area contributed by atoms with Crippen molar-refractivity contribution in [3.63, 3.8) is 0 Å². The summed E-state index contributed by atoms with van der Waals surface area (Å²) in [4.78, 5) is 6.87. The molecule has 0 saturated carbocycles. The van der Waals surface area contributed by atoms with Gasteiger partial charge < -0.3 is 9.88 Å². The largest absolute Gasteiger partial charge is 0.336 e. The normalized spacial score (nSPS) is 25.9. The molecule has 1 aromatic heterocycles. The zero-order valence-electron chi connectivity index (χ0n) is 11.3. The van der Waals surface area contributed by atoms with Crippen LogP contribution in [0.1, 0.15) is 32.0 Å². The Morgan fingerprint density at radius 2 is 2.29 bits per heavy atom. The topological polar surface area (TPSA) is 33.1 Å². The molecule has 0 radical (unpaired) electrons. The van der Waals surface area contributed by atoms with Crippen molar-refractivity contribution < 1.29 is 0 Å². The van der Waals surface area contributed by atoms with Crippen molar-refractivity contribution in [2.24, 2.45) is 13.0 Å². The molecule has 17 heavy (non-hydrogen) atoms. The van der Waals surface area contributed by atoms with Gasteiger partial charge in [0.05, 0.1) is 18.1 Å². The highest BCUT2D eigenvalue weighted by Gasteiger charge is 2.37. The van der Waals surface area contributed by atoms with Crippen LogP contribution in [0.2, 0.25) is 0 Å². The molecule has 2 rings (SSSR count). The maximum absolute atomic E-state index is 4.27. The Hall–Kier alpha value is -0.870. The standard InChI is InChI=1S/C13H24N4/c1-10(2)17-6-5-11(7-14-3)13(17)12-8-15-9-16(12)4/h8-11,13-14H,5-7H2,1-4H3. The Morgan fingerprint density at radius 3 is 2.82 bits per heavy atom. The zero-order chi connectivity index (χ0) is 12.4. The molecule has 2 unspecified atom stereocenters. The molecule has 0 bridgehead atoms. The molecule has 4 heteroatoms. The fraction of sp³-hybridized carbons (Fsp3) is 0.769. The molecule has 96 valence electrons. The quantitative estimate of drug-likeness (QED) is 0.858. The minimum atomic E-state index is 0.509. The summed E-state index contributed by atoms with van der Waals surface area (Å²) in [5.41, 5.74) is 1.34. The van der Waals surface area contributed by atoms with E-state index in [9.17, 15) is 0 Å². The number of rotatable bonds is 4. The second kappa shape index (κ2) is 5.19. The van der Waals surface area contributed by atoms with Crippen LogP contribution in [0.3, 0.4) is 0 Å². The third-order valence-electron chi connectivity index (χ3n) is 3.85. The van der Waals surface area contributed by atoms with Crippen molar-refractivity contribution in [2.45, 2.75) is 32.4 Å². The number of nitrogens with zero attached hydrogens (tertiary/aromatic N) is 3. The van der Waals surface area contributed by atoms with E-state index in [1.165, 1.54) is 18.7 Å². The summed E-state index contributed by atoms with van der Waals surface area (Å²) in [5.74, 6) is 0.692. The van der Waals surface area contributed by atoms with Crippen LogP contribution in [0.25, 0.3) is 0 Å². The number of hydrogen-bond acceptors (Lipinski definition) is 3. The first-order chi connectivity index (χ1) is 8.15. The van der Waals surface area contributed by atoms with Gasteiger partial charge in [-0.25, -0.2) is 4.98 Å². The average Bonchev–Trinajstić information content (AvgIpc) is 2.84. The molecule has 1 N–H and O–H groups in total. The van der Waals surface area contributed by atoms with Crippen LogP contribution < -0.4 is 5.32 Å². The molecule has 0 aromatic carbocycles. The van der Waals surface area contributed by atoms with Crippen LogP contribution in [-0.4, -0.2) is 40.6 Å². The molecule has 2 atom stereocenters. The van der Waals surface area contributed by atoms with Crippen LogP contribution in [0.4, 0.5) is 0 Å². The number of imidazole rings is 1. The Morgan fingerprint density at radius 1 is 1.53 bits per heavy atom. The summed E-state index contributed by atoms with van der Waals surface area (Å²) < 4.78 is 2.16. The van der Waals surface area contributed by atoms with E-state index in [4.69, 9.17) is 0 Å². The van der Waals surface area contributed by atoms with Crippen LogP contribution in [0, 0.1) is 5.92 Å². The lowest BCUT2D eigenvalue weighted by Gasteiger charge is -2.31. The first kappa shape index (κ1) is 12.6. The lowest BCUT2D eigenvalue weighted by molar-refractivity contribution is 0.176. The second-order valence-electron chi connectivity index (χ2n) is 5.31. The van der Waals surface area contributed by atoms with Gasteiger partial charge in [0.2, 0.25) is 0 Å². The number of likely N-dealkylation sites (tertiary alicyclic amines) is 1. The smallest absolute Gasteiger partial charge is 0.0946 e. The summed E-state index contributed by atoms with van der Waals surface area (Å²) >= 11 is 0. The summed E-state index contributed by atoms with van der Waals surface area (Å²) in [7, 11) is 4.13. The highest BCUT2D eigenvalue weighted by Crippen LogP contribution is 2.37. The van der Waals surface area contributed by atoms with Gasteiger partial charge in [0.1, 0.15) is 0 Å². The van der Waals surface area contributed by atoms with Gasteiger partial charge in [-0.2, -0.15) is 0 Å². The fourth-order valence-corrected chi connectivity index (χ4v) is 3.00. The van der Waals surface area contributed by atoms with Gasteiger partial charge in [0.15, 0.2) is 0 Å². The van der Waals surface area contributed by atoms with E-state index in [1.807, 2.05) is 19.6 Å². The van der Waals surface area contributed by atoms with Gasteiger partial charge in [-0.3, -0.25) is 4.90 Å². The maximum Gasteiger partial charge on any atom is 0.0946 e. The third-order valence-corrected chi connectivity index (χ3v) is 3.85. The molecule has 4 nitrogen and oxygen atoms in total. The summed E-state index contributed by atoms with van der Waals surface area (Å²) in [6.07, 6.45) is 5.20. The van der Waals surface area contributed by atoms with E-state index in [0.29, 0.717) is 18.0 Å². The molecular formula is C13H24N4. The highest BCUT2D eigenvalue weighted by atomic mass is 15.2. The molecular weight excluding hydrogens is 212 g/mol. The Balaban J connectivity index is 2.26. The summed E-state index contributed by atoms with van der Waals surface area (Å²) in [6, 6.07) is 1.10. The molecule has 1 saturated heterocycles. The van der Waals surface area contributed by atoms with E-state index < -0.39 is 0 Å². The minimum Gasteiger partial charge on any atom is -0.336 e. The van der Waals surface area contributed by atoms with E-state index in [-0.39, 0.29) is 0 Å². The average molecular weight is 236 g/mol. The van der Waals surface area contributed by atoms with Crippen molar-refractivity contribution in [2.75, 3.05) is 20.1 Å². The summed E-state index contributed by atoms with van der Waals surface area (Å²) in [5, 5.41) is 3.32. The van der Waals surface area contributed by atoms with Crippen molar-refractivity contribution in [1.29, 1.82) is 0 Å². The molecule has 1 fully saturated rings. The minimum absolute atomic E-state index is 0.509. The summed E-state index contributed by atoms with van der Waals surface area (Å²) in [6.45, 7) is 6.84. The Kier molecular flexibility index (Phi) is 3.84. The van der Waals surface area contributed by atoms with E-state index >= 15 is 0 Å². The first-order valence-corrected chi connectivity index (χ1v) is 6.51. The van der Waals surface area contributed by atoms with Gasteiger partial charge in [-0.1, -0.05) is 0 Å². The van der Waals surface area contributed by atoms with Gasteiger partial charge in [-0.05, 0) is 46.3 Å². The van der Waals surface area contributed by atoms with Crippen molar-refractivity contribution in [3.05, 3.63) is 18.2 Å². The van der Waals surface area contributed by atoms with Gasteiger partial charge in [0.25, 0.3) is 0 Å². The van der Waals surface area contributed by atoms with Gasteiger partial charge >= 0.3 is 0 Å². The number of aryl methyl sites for hydroxylation is 1. The lowest BCUT2D eigenvalue weighted by atomic mass is 9.97. The third kappa shape index (κ3) is 2.38. The van der Waals surface area contributed by atoms with Gasteiger partial charge in [0, 0.05) is 19.3 Å². The second-order valence-corrected chi connectivity index (χ2v) is 5.31. The Bertz CT molecular complexity index is 358. The molecule has 1 aromatic rings. The van der Waals surface area contributed by atoms with Crippen LogP contribution in [0.5, 0.6) is 0 Å². The fourth-order valence-electron chi connectivity index (χ4n) is 3.00. The molecule has 0 amide bonds.